The summed E-state index contributed by atoms with van der Waals surface area (Å²) in [6.07, 6.45) is -0.967. The Balaban J connectivity index is 2.22. The number of aryl methyl sites for hydroxylation is 1. The molecule has 0 radical (unpaired) electrons. The Morgan fingerprint density at radius 2 is 2.58 bits per heavy atom. The van der Waals surface area contributed by atoms with Crippen molar-refractivity contribution in [3.8, 4) is 0 Å². The quantitative estimate of drug-likeness (QED) is 0.869. The molecule has 7 heteroatoms. The number of fused-ring (bicyclic) bond motifs is 1. The number of H-pyrrole nitrogens is 1. The molecule has 1 aliphatic rings. The Bertz CT molecular complexity index is 1160. The highest BCUT2D eigenvalue weighted by Crippen LogP contribution is 2.29. The normalized spacial score (nSPS) is 33.5. The van der Waals surface area contributed by atoms with Crippen LogP contribution >= 0.6 is 0 Å². The molecule has 0 saturated carbocycles. The van der Waals surface area contributed by atoms with Gasteiger partial charge in [0.05, 0.1) is 14.1 Å². The fourth-order valence-electron chi connectivity index (χ4n) is 2.66. The molecule has 24 heavy (non-hydrogen) atoms. The minimum atomic E-state index is -2.98. The van der Waals surface area contributed by atoms with Crippen LogP contribution in [0.25, 0.3) is 15.9 Å². The fraction of sp³-hybridized carbons (Fsp3) is 0.529. The summed E-state index contributed by atoms with van der Waals surface area (Å²) in [7, 11) is 1.28. The van der Waals surface area contributed by atoms with Crippen molar-refractivity contribution < 1.29 is 17.1 Å². The van der Waals surface area contributed by atoms with E-state index in [0.29, 0.717) is 5.69 Å². The summed E-state index contributed by atoms with van der Waals surface area (Å²) >= 11 is 0. The number of aromatic nitrogens is 3. The topological polar surface area (TPSA) is 69.5 Å². The van der Waals surface area contributed by atoms with Crippen LogP contribution in [0.5, 0.6) is 0 Å². The van der Waals surface area contributed by atoms with E-state index < -0.39 is 50.4 Å². The molecule has 2 atom stereocenters. The first kappa shape index (κ1) is 8.47. The number of carbonyl (C=O) groups is 1. The Morgan fingerprint density at radius 1 is 1.75 bits per heavy atom. The monoisotopic (exact) mass is 335 g/mol. The highest BCUT2D eigenvalue weighted by Gasteiger charge is 2.33. The van der Waals surface area contributed by atoms with Gasteiger partial charge in [0.25, 0.3) is 6.50 Å². The van der Waals surface area contributed by atoms with Crippen LogP contribution in [0.1, 0.15) is 31.3 Å². The van der Waals surface area contributed by atoms with E-state index in [9.17, 15) is 6.17 Å². The predicted octanol–water partition coefficient (Wildman–Crippen LogP) is 1.86. The van der Waals surface area contributed by atoms with Crippen molar-refractivity contribution in [3.63, 3.8) is 0 Å². The molecule has 7 nitrogen and oxygen atoms in total. The number of anilines is 1. The molecular formula is C17H22N6O. The van der Waals surface area contributed by atoms with Crippen molar-refractivity contribution in [1.29, 1.82) is 0 Å². The van der Waals surface area contributed by atoms with Gasteiger partial charge < -0.3 is 19.6 Å². The molecular weight excluding hydrogens is 304 g/mol. The SMILES string of the molecule is [2H]c1nc(N(C)[C@@]2([2H])CN(C(=O)C([2H])([2H])[N+]#[C-])CC[C@@]2([2H])C([2H])([2H])[2H])c2c([2H])c(C)[nH]c2n1. The molecule has 1 amide bonds. The number of nitrogens with one attached hydrogen (secondary N) is 1. The van der Waals surface area contributed by atoms with Crippen molar-refractivity contribution in [3.05, 3.63) is 29.5 Å². The minimum Gasteiger partial charge on any atom is -0.354 e. The average molecular weight is 335 g/mol. The molecule has 2 aromatic rings. The number of hydrogen-bond donors (Lipinski definition) is 1. The van der Waals surface area contributed by atoms with Crippen LogP contribution in [-0.2, 0) is 4.79 Å². The van der Waals surface area contributed by atoms with Crippen LogP contribution in [0.2, 0.25) is 0 Å². The third kappa shape index (κ3) is 2.92. The maximum Gasteiger partial charge on any atom is 0.302 e. The molecule has 0 aromatic carbocycles. The highest BCUT2D eigenvalue weighted by molar-refractivity contribution is 5.88. The second kappa shape index (κ2) is 6.48. The number of likely N-dealkylation sites (tertiary alicyclic amines) is 1. The molecule has 2 aromatic heterocycles. The molecule has 0 unspecified atom stereocenters. The molecule has 3 heterocycles. The summed E-state index contributed by atoms with van der Waals surface area (Å²) in [5.74, 6) is -3.83. The number of nitrogens with zero attached hydrogens (tertiary/aromatic N) is 5. The molecule has 1 saturated heterocycles. The fourth-order valence-corrected chi connectivity index (χ4v) is 2.66. The van der Waals surface area contributed by atoms with E-state index in [1.807, 2.05) is 0 Å². The number of hydrogen-bond acceptors (Lipinski definition) is 4. The highest BCUT2D eigenvalue weighted by atomic mass is 16.2. The van der Waals surface area contributed by atoms with E-state index >= 15 is 0 Å². The average Bonchev–Trinajstić information content (AvgIpc) is 3.00. The molecule has 1 N–H and O–H groups in total. The summed E-state index contributed by atoms with van der Waals surface area (Å²) in [6, 6.07) is -2.44. The van der Waals surface area contributed by atoms with Gasteiger partial charge in [-0.1, -0.05) is 6.85 Å². The molecule has 0 spiro atoms. The van der Waals surface area contributed by atoms with E-state index in [4.69, 9.17) is 17.5 Å². The van der Waals surface area contributed by atoms with Gasteiger partial charge in [0.15, 0.2) is 0 Å². The van der Waals surface area contributed by atoms with E-state index in [-0.39, 0.29) is 29.4 Å². The van der Waals surface area contributed by atoms with Gasteiger partial charge in [-0.3, -0.25) is 4.79 Å². The zero-order valence-corrected chi connectivity index (χ0v) is 13.3. The van der Waals surface area contributed by atoms with Crippen molar-refractivity contribution in [1.82, 2.24) is 19.9 Å². The lowest BCUT2D eigenvalue weighted by molar-refractivity contribution is -0.130. The lowest BCUT2D eigenvalue weighted by Crippen LogP contribution is -2.53. The largest absolute Gasteiger partial charge is 0.354 e. The van der Waals surface area contributed by atoms with E-state index in [0.717, 1.165) is 9.80 Å². The predicted molar refractivity (Wildman–Crippen MR) is 92.6 cm³/mol. The molecule has 1 aliphatic heterocycles. The number of carbonyl (C=O) groups excluding carboxylic acids is 1. The maximum atomic E-state index is 12.6. The molecule has 126 valence electrons. The standard InChI is InChI=1S/C17H22N6O/c1-11-5-6-23(15(24)8-18-3)9-14(11)22(4)17-13-7-12(2)21-16(13)19-10-20-17/h7,10-11,14H,5-6,8-9H2,1-2,4H3,(H,19,20,21)/t11-,14+/m1/s1/i1D3,7D,8D2,10D,11D,14D. The van der Waals surface area contributed by atoms with Gasteiger partial charge in [-0.05, 0) is 25.3 Å². The Labute approximate surface area is 154 Å². The summed E-state index contributed by atoms with van der Waals surface area (Å²) in [4.78, 5) is 28.0. The van der Waals surface area contributed by atoms with Gasteiger partial charge in [-0.15, -0.1) is 0 Å². The van der Waals surface area contributed by atoms with Crippen molar-refractivity contribution >= 4 is 22.8 Å². The summed E-state index contributed by atoms with van der Waals surface area (Å²) in [5, 5.41) is 0.116. The van der Waals surface area contributed by atoms with E-state index in [1.165, 1.54) is 7.05 Å². The third-order valence-corrected chi connectivity index (χ3v) is 3.88. The number of piperidine rings is 1. The summed E-state index contributed by atoms with van der Waals surface area (Å²) < 4.78 is 73.4. The number of amides is 1. The van der Waals surface area contributed by atoms with E-state index in [1.54, 1.807) is 6.92 Å². The molecule has 1 fully saturated rings. The van der Waals surface area contributed by atoms with Crippen molar-refractivity contribution in [2.45, 2.75) is 26.2 Å². The number of rotatable bonds is 3. The van der Waals surface area contributed by atoms with Crippen LogP contribution < -0.4 is 4.90 Å². The first-order chi connectivity index (χ1) is 15.0. The zero-order valence-electron chi connectivity index (χ0n) is 22.3. The first-order valence-electron chi connectivity index (χ1n) is 11.8. The summed E-state index contributed by atoms with van der Waals surface area (Å²) in [6.45, 7) is 1.60. The van der Waals surface area contributed by atoms with Gasteiger partial charge in [0.2, 0.25) is 0 Å². The second-order valence-electron chi connectivity index (χ2n) is 5.43. The lowest BCUT2D eigenvalue weighted by atomic mass is 9.92. The zero-order chi connectivity index (χ0) is 25.1. The minimum absolute atomic E-state index is 0.0343. The maximum absolute atomic E-state index is 12.6. The van der Waals surface area contributed by atoms with Crippen LogP contribution in [0.3, 0.4) is 0 Å². The van der Waals surface area contributed by atoms with Gasteiger partial charge in [-0.2, -0.15) is 0 Å². The van der Waals surface area contributed by atoms with Gasteiger partial charge >= 0.3 is 5.91 Å². The van der Waals surface area contributed by atoms with Gasteiger partial charge in [0, 0.05) is 31.3 Å². The molecule has 3 rings (SSSR count). The smallest absolute Gasteiger partial charge is 0.302 e. The van der Waals surface area contributed by atoms with Crippen LogP contribution in [0.15, 0.2) is 12.3 Å². The van der Waals surface area contributed by atoms with Crippen LogP contribution in [0.4, 0.5) is 5.82 Å². The van der Waals surface area contributed by atoms with Gasteiger partial charge in [0.1, 0.15) is 21.9 Å². The lowest BCUT2D eigenvalue weighted by Gasteiger charge is -2.41. The Kier molecular flexibility index (Phi) is 2.29. The van der Waals surface area contributed by atoms with Crippen LogP contribution in [-0.4, -0.2) is 58.4 Å². The Morgan fingerprint density at radius 3 is 3.33 bits per heavy atom. The van der Waals surface area contributed by atoms with Crippen LogP contribution in [0, 0.1) is 19.4 Å². The third-order valence-electron chi connectivity index (χ3n) is 3.88. The number of aromatic amines is 1. The molecule has 0 bridgehead atoms. The van der Waals surface area contributed by atoms with Crippen molar-refractivity contribution in [2.75, 3.05) is 31.5 Å². The van der Waals surface area contributed by atoms with E-state index in [2.05, 4.69) is 19.8 Å². The Hall–Kier alpha value is -2.62. The summed E-state index contributed by atoms with van der Waals surface area (Å²) in [5.41, 5.74) is 0.526. The second-order valence-corrected chi connectivity index (χ2v) is 5.43. The van der Waals surface area contributed by atoms with Gasteiger partial charge in [-0.25, -0.2) is 16.5 Å². The first-order valence-corrected chi connectivity index (χ1v) is 7.25. The molecule has 0 aliphatic carbocycles. The number of likely N-dealkylation sites (N-methyl/N-ethyl adjacent to an activating group) is 1. The van der Waals surface area contributed by atoms with Crippen molar-refractivity contribution in [2.24, 2.45) is 5.89 Å².